The van der Waals surface area contributed by atoms with Gasteiger partial charge in [-0.1, -0.05) is 0 Å². The second kappa shape index (κ2) is 1.88. The molecule has 1 saturated carbocycles. The molecule has 0 spiro atoms. The van der Waals surface area contributed by atoms with E-state index < -0.39 is 9.84 Å². The van der Waals surface area contributed by atoms with Gasteiger partial charge in [-0.2, -0.15) is 0 Å². The molecular weight excluding hydrogens is 148 g/mol. The van der Waals surface area contributed by atoms with Gasteiger partial charge in [0.1, 0.15) is 5.21 Å². The zero-order valence-corrected chi connectivity index (χ0v) is 5.87. The van der Waals surface area contributed by atoms with Crippen molar-refractivity contribution in [2.24, 2.45) is 0 Å². The van der Waals surface area contributed by atoms with E-state index in [2.05, 4.69) is 0 Å². The third kappa shape index (κ3) is 1.14. The number of halogens is 1. The van der Waals surface area contributed by atoms with Crippen molar-refractivity contribution in [3.05, 3.63) is 0 Å². The normalized spacial score (nSPS) is 21.1. The standard InChI is InChI=1S/C4H7ClO2S/c5-3-8(6,7)4-1-2-4/h4H,1-3H2. The number of hydrogen-bond donors (Lipinski definition) is 0. The molecule has 0 atom stereocenters. The maximum atomic E-state index is 10.6. The van der Waals surface area contributed by atoms with Crippen LogP contribution in [0.4, 0.5) is 0 Å². The summed E-state index contributed by atoms with van der Waals surface area (Å²) in [6.45, 7) is 0. The molecule has 0 saturated heterocycles. The lowest BCUT2D eigenvalue weighted by Gasteiger charge is -1.90. The molecule has 0 N–H and O–H groups in total. The third-order valence-corrected chi connectivity index (χ3v) is 3.89. The summed E-state index contributed by atoms with van der Waals surface area (Å²) in [5.41, 5.74) is 0. The van der Waals surface area contributed by atoms with E-state index in [9.17, 15) is 8.42 Å². The quantitative estimate of drug-likeness (QED) is 0.551. The van der Waals surface area contributed by atoms with Gasteiger partial charge in [0.15, 0.2) is 9.84 Å². The van der Waals surface area contributed by atoms with Crippen LogP contribution in [0.15, 0.2) is 0 Å². The average Bonchev–Trinajstić information content (AvgIpc) is 2.44. The summed E-state index contributed by atoms with van der Waals surface area (Å²) in [4.78, 5) is 0. The van der Waals surface area contributed by atoms with Gasteiger partial charge in [-0.3, -0.25) is 0 Å². The van der Waals surface area contributed by atoms with E-state index in [0.717, 1.165) is 12.8 Å². The molecule has 8 heavy (non-hydrogen) atoms. The van der Waals surface area contributed by atoms with E-state index in [1.807, 2.05) is 0 Å². The van der Waals surface area contributed by atoms with Crippen LogP contribution >= 0.6 is 11.6 Å². The summed E-state index contributed by atoms with van der Waals surface area (Å²) in [5, 5.41) is -0.308. The molecule has 48 valence electrons. The van der Waals surface area contributed by atoms with Crippen LogP contribution < -0.4 is 0 Å². The van der Waals surface area contributed by atoms with Crippen LogP contribution in [0.25, 0.3) is 0 Å². The fourth-order valence-electron chi connectivity index (χ4n) is 0.516. The van der Waals surface area contributed by atoms with Crippen LogP contribution in [-0.2, 0) is 9.84 Å². The fourth-order valence-corrected chi connectivity index (χ4v) is 2.08. The first-order valence-corrected chi connectivity index (χ1v) is 4.69. The highest BCUT2D eigenvalue weighted by molar-refractivity contribution is 7.93. The molecule has 1 fully saturated rings. The lowest BCUT2D eigenvalue weighted by molar-refractivity contribution is 0.599. The molecule has 0 unspecified atom stereocenters. The first-order valence-electron chi connectivity index (χ1n) is 2.44. The van der Waals surface area contributed by atoms with Crippen LogP contribution in [0.3, 0.4) is 0 Å². The van der Waals surface area contributed by atoms with Gasteiger partial charge in [0, 0.05) is 0 Å². The molecular formula is C4H7ClO2S. The Labute approximate surface area is 53.8 Å². The minimum absolute atomic E-state index is 0.0972. The van der Waals surface area contributed by atoms with Crippen molar-refractivity contribution in [2.75, 3.05) is 5.21 Å². The van der Waals surface area contributed by atoms with Gasteiger partial charge in [-0.05, 0) is 12.8 Å². The molecule has 0 heterocycles. The summed E-state index contributed by atoms with van der Waals surface area (Å²) in [7, 11) is -2.86. The zero-order valence-electron chi connectivity index (χ0n) is 4.30. The smallest absolute Gasteiger partial charge is 0.167 e. The minimum atomic E-state index is -2.86. The van der Waals surface area contributed by atoms with E-state index >= 15 is 0 Å². The summed E-state index contributed by atoms with van der Waals surface area (Å²) in [5.74, 6) is 0. The van der Waals surface area contributed by atoms with Gasteiger partial charge in [0.2, 0.25) is 0 Å². The predicted molar refractivity (Wildman–Crippen MR) is 32.7 cm³/mol. The molecule has 0 aromatic rings. The van der Waals surface area contributed by atoms with Crippen LogP contribution in [0, 0.1) is 0 Å². The van der Waals surface area contributed by atoms with Crippen molar-refractivity contribution in [2.45, 2.75) is 18.1 Å². The van der Waals surface area contributed by atoms with Crippen molar-refractivity contribution in [1.29, 1.82) is 0 Å². The monoisotopic (exact) mass is 154 g/mol. The molecule has 0 aliphatic heterocycles. The van der Waals surface area contributed by atoms with Gasteiger partial charge in [-0.25, -0.2) is 8.42 Å². The summed E-state index contributed by atoms with van der Waals surface area (Å²) >= 11 is 5.14. The first kappa shape index (κ1) is 6.36. The summed E-state index contributed by atoms with van der Waals surface area (Å²) < 4.78 is 21.3. The molecule has 0 radical (unpaired) electrons. The molecule has 1 aliphatic rings. The van der Waals surface area contributed by atoms with Crippen molar-refractivity contribution >= 4 is 21.4 Å². The Morgan fingerprint density at radius 2 is 2.00 bits per heavy atom. The minimum Gasteiger partial charge on any atom is -0.227 e. The Bertz CT molecular complexity index is 168. The van der Waals surface area contributed by atoms with Gasteiger partial charge in [0.25, 0.3) is 0 Å². The third-order valence-electron chi connectivity index (χ3n) is 1.18. The number of hydrogen-bond acceptors (Lipinski definition) is 2. The van der Waals surface area contributed by atoms with E-state index in [-0.39, 0.29) is 10.5 Å². The summed E-state index contributed by atoms with van der Waals surface area (Å²) in [6, 6.07) is 0. The Morgan fingerprint density at radius 3 is 2.12 bits per heavy atom. The van der Waals surface area contributed by atoms with Gasteiger partial charge < -0.3 is 0 Å². The SMILES string of the molecule is O=S(=O)(CCl)C1CC1. The first-order chi connectivity index (χ1) is 3.67. The van der Waals surface area contributed by atoms with Crippen molar-refractivity contribution < 1.29 is 8.42 Å². The lowest BCUT2D eigenvalue weighted by atomic mass is 11.0. The largest absolute Gasteiger partial charge is 0.227 e. The van der Waals surface area contributed by atoms with Gasteiger partial charge >= 0.3 is 0 Å². The number of rotatable bonds is 2. The maximum absolute atomic E-state index is 10.6. The van der Waals surface area contributed by atoms with Crippen molar-refractivity contribution in [3.8, 4) is 0 Å². The predicted octanol–water partition coefficient (Wildman–Crippen LogP) is 0.760. The van der Waals surface area contributed by atoms with E-state index in [4.69, 9.17) is 11.6 Å². The molecule has 1 rings (SSSR count). The van der Waals surface area contributed by atoms with Crippen molar-refractivity contribution in [3.63, 3.8) is 0 Å². The van der Waals surface area contributed by atoms with E-state index in [0.29, 0.717) is 0 Å². The number of sulfone groups is 1. The average molecular weight is 155 g/mol. The topological polar surface area (TPSA) is 34.1 Å². The molecule has 0 aromatic carbocycles. The molecule has 2 nitrogen and oxygen atoms in total. The molecule has 0 amide bonds. The second-order valence-electron chi connectivity index (χ2n) is 1.97. The van der Waals surface area contributed by atoms with Crippen LogP contribution in [0.1, 0.15) is 12.8 Å². The van der Waals surface area contributed by atoms with Crippen LogP contribution in [0.2, 0.25) is 0 Å². The van der Waals surface area contributed by atoms with Crippen molar-refractivity contribution in [1.82, 2.24) is 0 Å². The Balaban J connectivity index is 2.65. The molecule has 1 aliphatic carbocycles. The molecule has 4 heteroatoms. The van der Waals surface area contributed by atoms with Crippen LogP contribution in [0.5, 0.6) is 0 Å². The van der Waals surface area contributed by atoms with E-state index in [1.165, 1.54) is 0 Å². The van der Waals surface area contributed by atoms with Gasteiger partial charge in [-0.15, -0.1) is 11.6 Å². The zero-order chi connectivity index (χ0) is 6.20. The maximum Gasteiger partial charge on any atom is 0.167 e. The van der Waals surface area contributed by atoms with Crippen LogP contribution in [-0.4, -0.2) is 18.9 Å². The fraction of sp³-hybridized carbons (Fsp3) is 1.00. The highest BCUT2D eigenvalue weighted by Crippen LogP contribution is 2.29. The number of alkyl halides is 1. The van der Waals surface area contributed by atoms with Gasteiger partial charge in [0.05, 0.1) is 5.25 Å². The summed E-state index contributed by atoms with van der Waals surface area (Å²) in [6.07, 6.45) is 1.63. The molecule has 0 bridgehead atoms. The highest BCUT2D eigenvalue weighted by Gasteiger charge is 2.34. The second-order valence-corrected chi connectivity index (χ2v) is 4.84. The highest BCUT2D eigenvalue weighted by atomic mass is 35.5. The Hall–Kier alpha value is 0.240. The molecule has 0 aromatic heterocycles. The Morgan fingerprint density at radius 1 is 1.50 bits per heavy atom. The van der Waals surface area contributed by atoms with E-state index in [1.54, 1.807) is 0 Å². The lowest BCUT2D eigenvalue weighted by Crippen LogP contribution is -2.06. The Kier molecular flexibility index (Phi) is 1.50.